The van der Waals surface area contributed by atoms with E-state index < -0.39 is 28.7 Å². The number of hydrogen-bond acceptors (Lipinski definition) is 6. The monoisotopic (exact) mass is 652 g/mol. The molecule has 0 atom stereocenters. The van der Waals surface area contributed by atoms with Crippen molar-refractivity contribution < 1.29 is 29.9 Å². The second-order valence-electron chi connectivity index (χ2n) is 12.4. The van der Waals surface area contributed by atoms with Gasteiger partial charge in [0.25, 0.3) is 0 Å². The molecule has 9 aromatic rings. The highest BCUT2D eigenvalue weighted by molar-refractivity contribution is 6.26. The Balaban J connectivity index is 1.38. The van der Waals surface area contributed by atoms with Gasteiger partial charge in [0.15, 0.2) is 11.5 Å². The molecule has 0 spiro atoms. The Morgan fingerprint density at radius 2 is 0.800 bits per heavy atom. The van der Waals surface area contributed by atoms with Gasteiger partial charge in [-0.1, -0.05) is 115 Å². The molecule has 0 amide bonds. The zero-order chi connectivity index (χ0) is 34.1. The fourth-order valence-corrected chi connectivity index (χ4v) is 7.37. The Kier molecular flexibility index (Phi) is 6.48. The van der Waals surface area contributed by atoms with Crippen molar-refractivity contribution in [2.45, 2.75) is 0 Å². The summed E-state index contributed by atoms with van der Waals surface area (Å²) >= 11 is 0. The molecule has 1 heterocycles. The van der Waals surface area contributed by atoms with Gasteiger partial charge in [-0.2, -0.15) is 0 Å². The fourth-order valence-electron chi connectivity index (χ4n) is 7.37. The van der Waals surface area contributed by atoms with Crippen LogP contribution in [0.2, 0.25) is 0 Å². The van der Waals surface area contributed by atoms with Crippen LogP contribution in [0.25, 0.3) is 88.0 Å². The molecular weight excluding hydrogens is 624 g/mol. The molecule has 6 nitrogen and oxygen atoms in total. The molecule has 5 N–H and O–H groups in total. The number of benzene rings is 8. The SMILES string of the molecule is Oc1c(O)c(O)c(-c2cccc(-c3c4ccccc4c(-c4cc(-c5ccccc5)cc5oc6ccccc6c45)c4ccccc34)c2)c(O)c1O. The van der Waals surface area contributed by atoms with Gasteiger partial charge in [0.05, 0.1) is 5.56 Å². The summed E-state index contributed by atoms with van der Waals surface area (Å²) in [6, 6.07) is 46.4. The summed E-state index contributed by atoms with van der Waals surface area (Å²) in [7, 11) is 0. The van der Waals surface area contributed by atoms with Crippen molar-refractivity contribution in [2.24, 2.45) is 0 Å². The molecule has 0 radical (unpaired) electrons. The molecule has 0 unspecified atom stereocenters. The van der Waals surface area contributed by atoms with E-state index in [-0.39, 0.29) is 5.56 Å². The van der Waals surface area contributed by atoms with Crippen LogP contribution in [0.15, 0.2) is 144 Å². The van der Waals surface area contributed by atoms with Crippen LogP contribution in [0.3, 0.4) is 0 Å². The normalized spacial score (nSPS) is 11.6. The number of aromatic hydroxyl groups is 5. The van der Waals surface area contributed by atoms with Crippen molar-refractivity contribution in [2.75, 3.05) is 0 Å². The Morgan fingerprint density at radius 3 is 1.42 bits per heavy atom. The molecule has 0 aliphatic heterocycles. The summed E-state index contributed by atoms with van der Waals surface area (Å²) in [4.78, 5) is 0. The first-order chi connectivity index (χ1) is 24.4. The molecule has 0 aliphatic carbocycles. The molecule has 8 aromatic carbocycles. The molecule has 1 aromatic heterocycles. The summed E-state index contributed by atoms with van der Waals surface area (Å²) in [6.45, 7) is 0. The zero-order valence-corrected chi connectivity index (χ0v) is 26.4. The molecule has 0 fully saturated rings. The minimum absolute atomic E-state index is 0.197. The number of phenolic OH excluding ortho intramolecular Hbond substituents is 5. The zero-order valence-electron chi connectivity index (χ0n) is 26.4. The minimum Gasteiger partial charge on any atom is -0.504 e. The second kappa shape index (κ2) is 11.1. The van der Waals surface area contributed by atoms with Gasteiger partial charge >= 0.3 is 0 Å². The second-order valence-corrected chi connectivity index (χ2v) is 12.4. The number of phenols is 5. The first kappa shape index (κ1) is 29.2. The van der Waals surface area contributed by atoms with E-state index >= 15 is 0 Å². The average Bonchev–Trinajstić information content (AvgIpc) is 3.54. The molecule has 9 rings (SSSR count). The van der Waals surface area contributed by atoms with Crippen molar-refractivity contribution in [1.29, 1.82) is 0 Å². The van der Waals surface area contributed by atoms with Crippen molar-refractivity contribution in [3.05, 3.63) is 140 Å². The predicted molar refractivity (Wildman–Crippen MR) is 199 cm³/mol. The van der Waals surface area contributed by atoms with Crippen LogP contribution in [0.5, 0.6) is 28.7 Å². The summed E-state index contributed by atoms with van der Waals surface area (Å²) in [6.07, 6.45) is 0. The number of fused-ring (bicyclic) bond motifs is 5. The van der Waals surface area contributed by atoms with Crippen LogP contribution in [-0.2, 0) is 0 Å². The van der Waals surface area contributed by atoms with E-state index in [1.165, 1.54) is 0 Å². The smallest absolute Gasteiger partial charge is 0.208 e. The molecule has 0 saturated carbocycles. The Morgan fingerprint density at radius 1 is 0.320 bits per heavy atom. The first-order valence-electron chi connectivity index (χ1n) is 16.1. The first-order valence-corrected chi connectivity index (χ1v) is 16.1. The molecule has 6 heteroatoms. The van der Waals surface area contributed by atoms with Crippen molar-refractivity contribution in [1.82, 2.24) is 0 Å². The van der Waals surface area contributed by atoms with Gasteiger partial charge in [-0.05, 0) is 84.8 Å². The van der Waals surface area contributed by atoms with E-state index in [0.717, 1.165) is 76.9 Å². The third kappa shape index (κ3) is 4.29. The third-order valence-electron chi connectivity index (χ3n) is 9.60. The maximum absolute atomic E-state index is 10.8. The Hall–Kier alpha value is -6.92. The summed E-state index contributed by atoms with van der Waals surface area (Å²) in [5, 5.41) is 58.2. The quantitative estimate of drug-likeness (QED) is 0.0734. The van der Waals surface area contributed by atoms with Gasteiger partial charge in [-0.3, -0.25) is 0 Å². The number of rotatable bonds is 4. The van der Waals surface area contributed by atoms with Crippen LogP contribution < -0.4 is 0 Å². The van der Waals surface area contributed by atoms with Gasteiger partial charge in [0.1, 0.15) is 11.2 Å². The van der Waals surface area contributed by atoms with Crippen LogP contribution in [0.1, 0.15) is 0 Å². The minimum atomic E-state index is -0.997. The molecule has 240 valence electrons. The van der Waals surface area contributed by atoms with Gasteiger partial charge in [-0.15, -0.1) is 0 Å². The lowest BCUT2D eigenvalue weighted by atomic mass is 9.83. The molecule has 0 bridgehead atoms. The number of hydrogen-bond donors (Lipinski definition) is 5. The van der Waals surface area contributed by atoms with Crippen LogP contribution >= 0.6 is 0 Å². The standard InChI is InChI=1S/C44H28O6/c45-40-37(41(46)43(48)44(49)42(40)47)26-14-10-13-25(21-26)36-28-15-4-6-17-30(28)38(31-18-7-5-16-29(31)36)33-22-27(24-11-2-1-3-12-24)23-35-39(33)32-19-8-9-20-34(32)50-35/h1-23,45-49H. The van der Waals surface area contributed by atoms with E-state index in [2.05, 4.69) is 54.6 Å². The van der Waals surface area contributed by atoms with Crippen LogP contribution in [-0.4, -0.2) is 25.5 Å². The van der Waals surface area contributed by atoms with E-state index in [1.807, 2.05) is 66.7 Å². The van der Waals surface area contributed by atoms with Crippen LogP contribution in [0.4, 0.5) is 0 Å². The number of furan rings is 1. The lowest BCUT2D eigenvalue weighted by Gasteiger charge is -2.19. The fraction of sp³-hybridized carbons (Fsp3) is 0. The lowest BCUT2D eigenvalue weighted by Crippen LogP contribution is -1.92. The van der Waals surface area contributed by atoms with Crippen molar-refractivity contribution >= 4 is 43.5 Å². The highest BCUT2D eigenvalue weighted by Crippen LogP contribution is 2.55. The van der Waals surface area contributed by atoms with E-state index in [4.69, 9.17) is 4.42 Å². The third-order valence-corrected chi connectivity index (χ3v) is 9.60. The maximum atomic E-state index is 10.8. The predicted octanol–water partition coefficient (Wildman–Crippen LogP) is 11.1. The van der Waals surface area contributed by atoms with E-state index in [1.54, 1.807) is 18.2 Å². The van der Waals surface area contributed by atoms with E-state index in [0.29, 0.717) is 5.56 Å². The summed E-state index contributed by atoms with van der Waals surface area (Å²) in [5.41, 5.74) is 7.69. The highest BCUT2D eigenvalue weighted by atomic mass is 16.4. The highest BCUT2D eigenvalue weighted by Gasteiger charge is 2.26. The van der Waals surface area contributed by atoms with Crippen molar-refractivity contribution in [3.63, 3.8) is 0 Å². The van der Waals surface area contributed by atoms with Crippen LogP contribution in [0, 0.1) is 0 Å². The topological polar surface area (TPSA) is 114 Å². The van der Waals surface area contributed by atoms with Gasteiger partial charge < -0.3 is 29.9 Å². The number of para-hydroxylation sites is 1. The summed E-state index contributed by atoms with van der Waals surface area (Å²) < 4.78 is 6.50. The Labute approximate surface area is 285 Å². The van der Waals surface area contributed by atoms with Gasteiger partial charge in [0, 0.05) is 10.8 Å². The van der Waals surface area contributed by atoms with Gasteiger partial charge in [-0.25, -0.2) is 0 Å². The largest absolute Gasteiger partial charge is 0.504 e. The lowest BCUT2D eigenvalue weighted by molar-refractivity contribution is 0.330. The molecule has 0 saturated heterocycles. The molecule has 0 aliphatic rings. The summed E-state index contributed by atoms with van der Waals surface area (Å²) in [5.74, 6) is -4.32. The molecule has 50 heavy (non-hydrogen) atoms. The maximum Gasteiger partial charge on any atom is 0.208 e. The Bertz CT molecular complexity index is 2730. The van der Waals surface area contributed by atoms with Gasteiger partial charge in [0.2, 0.25) is 17.2 Å². The molecular formula is C44H28O6. The van der Waals surface area contributed by atoms with E-state index in [9.17, 15) is 25.5 Å². The van der Waals surface area contributed by atoms with Crippen molar-refractivity contribution in [3.8, 4) is 73.3 Å². The average molecular weight is 653 g/mol.